The third-order valence-electron chi connectivity index (χ3n) is 2.65. The molecule has 0 spiro atoms. The number of hydrogen-bond donors (Lipinski definition) is 2. The Morgan fingerprint density at radius 1 is 1.62 bits per heavy atom. The zero-order chi connectivity index (χ0) is 11.6. The maximum Gasteiger partial charge on any atom is 0.230 e. The second-order valence-electron chi connectivity index (χ2n) is 4.16. The molecule has 1 aromatic heterocycles. The number of hydrogen-bond acceptors (Lipinski definition) is 6. The number of nitrogens with one attached hydrogen (secondary N) is 1. The van der Waals surface area contributed by atoms with Crippen LogP contribution in [-0.4, -0.2) is 27.4 Å². The van der Waals surface area contributed by atoms with Crippen molar-refractivity contribution in [2.45, 2.75) is 36.1 Å². The molecule has 1 saturated carbocycles. The molecular formula is C9H14N4OS2. The summed E-state index contributed by atoms with van der Waals surface area (Å²) in [5.41, 5.74) is 5.47. The van der Waals surface area contributed by atoms with Crippen LogP contribution in [0, 0.1) is 0 Å². The minimum absolute atomic E-state index is 0.0256. The molecule has 0 unspecified atom stereocenters. The van der Waals surface area contributed by atoms with Crippen LogP contribution in [0.3, 0.4) is 0 Å². The molecule has 3 N–H and O–H groups in total. The molecule has 5 nitrogen and oxygen atoms in total. The first-order valence-electron chi connectivity index (χ1n) is 5.10. The van der Waals surface area contributed by atoms with Crippen LogP contribution >= 0.6 is 23.1 Å². The van der Waals surface area contributed by atoms with Crippen molar-refractivity contribution in [3.8, 4) is 0 Å². The maximum atomic E-state index is 11.6. The number of anilines is 1. The van der Waals surface area contributed by atoms with Crippen molar-refractivity contribution in [3.05, 3.63) is 0 Å². The van der Waals surface area contributed by atoms with Crippen molar-refractivity contribution in [2.24, 2.45) is 0 Å². The van der Waals surface area contributed by atoms with Gasteiger partial charge in [-0.05, 0) is 26.2 Å². The normalized spacial score (nSPS) is 17.8. The third-order valence-corrected chi connectivity index (χ3v) is 4.53. The van der Waals surface area contributed by atoms with E-state index in [-0.39, 0.29) is 11.4 Å². The van der Waals surface area contributed by atoms with Gasteiger partial charge < -0.3 is 11.1 Å². The van der Waals surface area contributed by atoms with Gasteiger partial charge in [-0.1, -0.05) is 23.1 Å². The molecule has 1 aliphatic rings. The van der Waals surface area contributed by atoms with Crippen molar-refractivity contribution in [3.63, 3.8) is 0 Å². The molecule has 0 radical (unpaired) electrons. The Morgan fingerprint density at radius 3 is 2.88 bits per heavy atom. The molecule has 0 atom stereocenters. The number of nitrogen functional groups attached to an aromatic ring is 1. The van der Waals surface area contributed by atoms with Crippen LogP contribution in [0.1, 0.15) is 26.2 Å². The predicted molar refractivity (Wildman–Crippen MR) is 65.4 cm³/mol. The van der Waals surface area contributed by atoms with E-state index >= 15 is 0 Å². The molecule has 1 fully saturated rings. The van der Waals surface area contributed by atoms with Crippen LogP contribution in [0.2, 0.25) is 0 Å². The Balaban J connectivity index is 1.75. The van der Waals surface area contributed by atoms with Gasteiger partial charge in [0.25, 0.3) is 0 Å². The second-order valence-corrected chi connectivity index (χ2v) is 6.39. The van der Waals surface area contributed by atoms with Crippen LogP contribution < -0.4 is 11.1 Å². The summed E-state index contributed by atoms with van der Waals surface area (Å²) in [6.07, 6.45) is 3.36. The number of thioether (sulfide) groups is 1. The van der Waals surface area contributed by atoms with Gasteiger partial charge in [0, 0.05) is 5.54 Å². The molecule has 1 amide bonds. The van der Waals surface area contributed by atoms with Gasteiger partial charge in [-0.2, -0.15) is 0 Å². The molecule has 1 aromatic rings. The minimum atomic E-state index is 0.0256. The minimum Gasteiger partial charge on any atom is -0.374 e. The van der Waals surface area contributed by atoms with E-state index in [1.165, 1.54) is 29.5 Å². The molecule has 1 heterocycles. The first-order chi connectivity index (χ1) is 7.57. The number of aromatic nitrogens is 2. The largest absolute Gasteiger partial charge is 0.374 e. The lowest BCUT2D eigenvalue weighted by Gasteiger charge is -2.39. The van der Waals surface area contributed by atoms with E-state index in [9.17, 15) is 4.79 Å². The standard InChI is InChI=1S/C9H14N4OS2/c1-9(3-2-4-9)11-6(14)5-15-8-13-12-7(10)16-8/h2-5H2,1H3,(H2,10,12)(H,11,14). The summed E-state index contributed by atoms with van der Waals surface area (Å²) >= 11 is 2.68. The van der Waals surface area contributed by atoms with Crippen LogP contribution in [-0.2, 0) is 4.79 Å². The van der Waals surface area contributed by atoms with Gasteiger partial charge >= 0.3 is 0 Å². The van der Waals surface area contributed by atoms with Crippen molar-refractivity contribution < 1.29 is 4.79 Å². The monoisotopic (exact) mass is 258 g/mol. The fraction of sp³-hybridized carbons (Fsp3) is 0.667. The SMILES string of the molecule is CC1(NC(=O)CSc2nnc(N)s2)CCC1. The van der Waals surface area contributed by atoms with Crippen LogP contribution in [0.25, 0.3) is 0 Å². The molecule has 0 saturated heterocycles. The lowest BCUT2D eigenvalue weighted by Crippen LogP contribution is -2.51. The second kappa shape index (κ2) is 4.58. The molecule has 0 bridgehead atoms. The summed E-state index contributed by atoms with van der Waals surface area (Å²) in [5.74, 6) is 0.436. The highest BCUT2D eigenvalue weighted by molar-refractivity contribution is 8.01. The predicted octanol–water partition coefficient (Wildman–Crippen LogP) is 1.27. The zero-order valence-electron chi connectivity index (χ0n) is 9.02. The molecule has 16 heavy (non-hydrogen) atoms. The lowest BCUT2D eigenvalue weighted by molar-refractivity contribution is -0.121. The smallest absolute Gasteiger partial charge is 0.230 e. The van der Waals surface area contributed by atoms with Gasteiger partial charge in [-0.25, -0.2) is 0 Å². The summed E-state index contributed by atoms with van der Waals surface area (Å²) in [4.78, 5) is 11.6. The average molecular weight is 258 g/mol. The van der Waals surface area contributed by atoms with Gasteiger partial charge in [0.15, 0.2) is 4.34 Å². The van der Waals surface area contributed by atoms with Crippen molar-refractivity contribution in [1.82, 2.24) is 15.5 Å². The third kappa shape index (κ3) is 2.85. The van der Waals surface area contributed by atoms with Crippen molar-refractivity contribution >= 4 is 34.1 Å². The molecule has 0 aromatic carbocycles. The van der Waals surface area contributed by atoms with E-state index in [0.29, 0.717) is 10.9 Å². The molecule has 1 aliphatic carbocycles. The quantitative estimate of drug-likeness (QED) is 0.795. The summed E-state index contributed by atoms with van der Waals surface area (Å²) in [6.45, 7) is 2.09. The van der Waals surface area contributed by atoms with Crippen LogP contribution in [0.15, 0.2) is 4.34 Å². The topological polar surface area (TPSA) is 80.9 Å². The number of carbonyl (C=O) groups excluding carboxylic acids is 1. The molecular weight excluding hydrogens is 244 g/mol. The molecule has 0 aliphatic heterocycles. The Hall–Kier alpha value is -0.820. The van der Waals surface area contributed by atoms with E-state index in [1.54, 1.807) is 0 Å². The van der Waals surface area contributed by atoms with E-state index in [4.69, 9.17) is 5.73 Å². The fourth-order valence-corrected chi connectivity index (χ4v) is 3.05. The molecule has 88 valence electrons. The van der Waals surface area contributed by atoms with Crippen LogP contribution in [0.5, 0.6) is 0 Å². The first kappa shape index (κ1) is 11.7. The highest BCUT2D eigenvalue weighted by Crippen LogP contribution is 2.31. The average Bonchev–Trinajstić information content (AvgIpc) is 2.59. The number of nitrogens with zero attached hydrogens (tertiary/aromatic N) is 2. The van der Waals surface area contributed by atoms with E-state index in [1.807, 2.05) is 0 Å². The zero-order valence-corrected chi connectivity index (χ0v) is 10.7. The lowest BCUT2D eigenvalue weighted by atomic mass is 9.78. The molecule has 2 rings (SSSR count). The van der Waals surface area contributed by atoms with Gasteiger partial charge in [-0.3, -0.25) is 4.79 Å². The summed E-state index contributed by atoms with van der Waals surface area (Å²) < 4.78 is 0.742. The number of amides is 1. The van der Waals surface area contributed by atoms with Gasteiger partial charge in [0.05, 0.1) is 5.75 Å². The molecule has 7 heteroatoms. The van der Waals surface area contributed by atoms with E-state index in [0.717, 1.165) is 17.2 Å². The highest BCUT2D eigenvalue weighted by Gasteiger charge is 2.32. The van der Waals surface area contributed by atoms with Crippen molar-refractivity contribution in [1.29, 1.82) is 0 Å². The number of nitrogens with two attached hydrogens (primary N) is 1. The first-order valence-corrected chi connectivity index (χ1v) is 6.90. The summed E-state index contributed by atoms with van der Waals surface area (Å²) in [5, 5.41) is 11.0. The number of rotatable bonds is 4. The van der Waals surface area contributed by atoms with Gasteiger partial charge in [0.1, 0.15) is 0 Å². The van der Waals surface area contributed by atoms with Crippen molar-refractivity contribution in [2.75, 3.05) is 11.5 Å². The van der Waals surface area contributed by atoms with E-state index in [2.05, 4.69) is 22.4 Å². The maximum absolute atomic E-state index is 11.6. The van der Waals surface area contributed by atoms with Crippen LogP contribution in [0.4, 0.5) is 5.13 Å². The highest BCUT2D eigenvalue weighted by atomic mass is 32.2. The van der Waals surface area contributed by atoms with Gasteiger partial charge in [0.2, 0.25) is 11.0 Å². The number of carbonyl (C=O) groups is 1. The Kier molecular flexibility index (Phi) is 3.34. The summed E-state index contributed by atoms with van der Waals surface area (Å²) in [7, 11) is 0. The van der Waals surface area contributed by atoms with Gasteiger partial charge in [-0.15, -0.1) is 10.2 Å². The Labute approximate surface area is 102 Å². The Bertz CT molecular complexity index is 389. The Morgan fingerprint density at radius 2 is 2.38 bits per heavy atom. The summed E-state index contributed by atoms with van der Waals surface area (Å²) in [6, 6.07) is 0. The fourth-order valence-electron chi connectivity index (χ4n) is 1.61. The van der Waals surface area contributed by atoms with E-state index < -0.39 is 0 Å².